The number of carbonyl (C=O) groups is 3. The number of hydrogen-bond acceptors (Lipinski definition) is 10. The predicted molar refractivity (Wildman–Crippen MR) is 225 cm³/mol. The molecule has 6 aliphatic rings. The van der Waals surface area contributed by atoms with Gasteiger partial charge in [0, 0.05) is 75.1 Å². The molecule has 3 atom stereocenters. The van der Waals surface area contributed by atoms with Gasteiger partial charge in [0.15, 0.2) is 17.2 Å². The number of aryl methyl sites for hydroxylation is 1. The molecule has 4 fully saturated rings. The minimum absolute atomic E-state index is 0.260. The lowest BCUT2D eigenvalue weighted by Crippen LogP contribution is -2.69. The van der Waals surface area contributed by atoms with E-state index in [0.29, 0.717) is 64.2 Å². The molecular formula is C46H47F3N10O3. The maximum absolute atomic E-state index is 16.0. The van der Waals surface area contributed by atoms with Crippen LogP contribution in [0.3, 0.4) is 0 Å². The van der Waals surface area contributed by atoms with Gasteiger partial charge in [-0.1, -0.05) is 36.4 Å². The van der Waals surface area contributed by atoms with Crippen molar-refractivity contribution < 1.29 is 27.6 Å². The molecular weight excluding hydrogens is 798 g/mol. The van der Waals surface area contributed by atoms with E-state index in [1.54, 1.807) is 4.52 Å². The highest BCUT2D eigenvalue weighted by Crippen LogP contribution is 2.51. The number of hydrogen-bond donors (Lipinski definition) is 3. The Labute approximate surface area is 356 Å². The van der Waals surface area contributed by atoms with Gasteiger partial charge in [0.1, 0.15) is 6.17 Å². The Hall–Kier alpha value is -5.87. The summed E-state index contributed by atoms with van der Waals surface area (Å²) in [6.07, 6.45) is 5.33. The van der Waals surface area contributed by atoms with Crippen molar-refractivity contribution >= 4 is 40.6 Å². The van der Waals surface area contributed by atoms with Crippen LogP contribution in [0.1, 0.15) is 75.5 Å². The van der Waals surface area contributed by atoms with Gasteiger partial charge in [-0.3, -0.25) is 34.5 Å². The third kappa shape index (κ3) is 6.60. The molecule has 3 N–H and O–H groups in total. The van der Waals surface area contributed by atoms with Crippen LogP contribution in [0.2, 0.25) is 0 Å². The summed E-state index contributed by atoms with van der Waals surface area (Å²) in [5, 5.41) is 13.6. The van der Waals surface area contributed by atoms with E-state index in [0.717, 1.165) is 81.2 Å². The van der Waals surface area contributed by atoms with Crippen LogP contribution < -0.4 is 20.9 Å². The number of carbonyl (C=O) groups excluding carboxylic acids is 3. The Kier molecular flexibility index (Phi) is 9.20. The van der Waals surface area contributed by atoms with Crippen LogP contribution in [-0.2, 0) is 35.5 Å². The van der Waals surface area contributed by atoms with Crippen molar-refractivity contribution in [3.8, 4) is 11.3 Å². The number of imide groups is 1. The zero-order valence-electron chi connectivity index (χ0n) is 34.4. The van der Waals surface area contributed by atoms with Crippen LogP contribution in [-0.4, -0.2) is 105 Å². The standard InChI is InChI=1S/C46H47F3N10O3/c1-26-5-6-27(17-33(26)31-8-10-39(60)54-43(31)61)21-56-16-13-45(46(48,49)25-56)23-57(24-45)22-28-7-9-35(51-19-28)29-3-2-4-37-30(29)12-15-58(37)41-32-11-14-50-40(32)42-52-20-38(59(42)55-41)44(62)53-36-18-34(36)47/h2-7,9,17,19-20,31,34,36,50H,8,10-16,18,21-25H2,1H3,(H,53,62)(H,54,60,61)/t31?,34-,36+/m0/s1. The van der Waals surface area contributed by atoms with Gasteiger partial charge in [-0.15, -0.1) is 5.10 Å². The molecule has 0 radical (unpaired) electrons. The van der Waals surface area contributed by atoms with Crippen LogP contribution in [0.4, 0.5) is 30.4 Å². The number of nitrogens with zero attached hydrogens (tertiary/aromatic N) is 7. The van der Waals surface area contributed by atoms with Crippen molar-refractivity contribution in [3.63, 3.8) is 0 Å². The number of piperidine rings is 2. The van der Waals surface area contributed by atoms with Crippen molar-refractivity contribution in [2.45, 2.75) is 82.6 Å². The molecule has 1 saturated carbocycles. The molecule has 62 heavy (non-hydrogen) atoms. The molecule has 16 heteroatoms. The molecule has 5 aromatic rings. The normalized spacial score (nSPS) is 23.8. The van der Waals surface area contributed by atoms with Gasteiger partial charge in [-0.25, -0.2) is 22.7 Å². The molecule has 3 amide bonds. The lowest BCUT2D eigenvalue weighted by molar-refractivity contribution is -0.227. The fourth-order valence-corrected chi connectivity index (χ4v) is 10.5. The van der Waals surface area contributed by atoms with Crippen LogP contribution in [0.25, 0.3) is 16.9 Å². The maximum atomic E-state index is 16.0. The van der Waals surface area contributed by atoms with Crippen molar-refractivity contribution in [1.29, 1.82) is 0 Å². The van der Waals surface area contributed by atoms with E-state index in [9.17, 15) is 18.8 Å². The highest BCUT2D eigenvalue weighted by Gasteiger charge is 2.62. The second-order valence-electron chi connectivity index (χ2n) is 18.1. The summed E-state index contributed by atoms with van der Waals surface area (Å²) in [6.45, 7) is 5.16. The lowest BCUT2D eigenvalue weighted by Gasteiger charge is -2.57. The first kappa shape index (κ1) is 39.0. The number of pyridine rings is 1. The van der Waals surface area contributed by atoms with Gasteiger partial charge < -0.3 is 15.5 Å². The number of amides is 3. The molecule has 13 nitrogen and oxygen atoms in total. The largest absolute Gasteiger partial charge is 0.381 e. The fourth-order valence-electron chi connectivity index (χ4n) is 10.5. The average molecular weight is 845 g/mol. The van der Waals surface area contributed by atoms with Crippen LogP contribution in [0, 0.1) is 12.3 Å². The van der Waals surface area contributed by atoms with Crippen LogP contribution in [0.15, 0.2) is 60.9 Å². The summed E-state index contributed by atoms with van der Waals surface area (Å²) >= 11 is 0. The smallest absolute Gasteiger partial charge is 0.271 e. The molecule has 8 heterocycles. The summed E-state index contributed by atoms with van der Waals surface area (Å²) in [6, 6.07) is 15.6. The van der Waals surface area contributed by atoms with E-state index >= 15 is 8.78 Å². The van der Waals surface area contributed by atoms with Gasteiger partial charge in [0.2, 0.25) is 11.8 Å². The van der Waals surface area contributed by atoms with Crippen molar-refractivity contribution in [2.24, 2.45) is 5.41 Å². The quantitative estimate of drug-likeness (QED) is 0.164. The van der Waals surface area contributed by atoms with E-state index in [-0.39, 0.29) is 30.5 Å². The minimum atomic E-state index is -2.85. The third-order valence-corrected chi connectivity index (χ3v) is 14.0. The molecule has 2 aromatic carbocycles. The van der Waals surface area contributed by atoms with Gasteiger partial charge in [0.25, 0.3) is 11.8 Å². The number of aromatic nitrogens is 4. The second kappa shape index (κ2) is 14.6. The van der Waals surface area contributed by atoms with Crippen molar-refractivity contribution in [2.75, 3.05) is 49.5 Å². The summed E-state index contributed by atoms with van der Waals surface area (Å²) in [5.74, 6) is -3.47. The second-order valence-corrected chi connectivity index (χ2v) is 18.1. The number of benzene rings is 2. The zero-order chi connectivity index (χ0) is 42.5. The van der Waals surface area contributed by atoms with E-state index in [2.05, 4.69) is 42.9 Å². The number of nitrogens with one attached hydrogen (secondary N) is 3. The Bertz CT molecular complexity index is 2660. The number of imidazole rings is 1. The first-order valence-electron chi connectivity index (χ1n) is 21.6. The van der Waals surface area contributed by atoms with Crippen LogP contribution >= 0.6 is 0 Å². The molecule has 0 bridgehead atoms. The summed E-state index contributed by atoms with van der Waals surface area (Å²) in [7, 11) is 0. The molecule has 5 aliphatic heterocycles. The molecule has 320 valence electrons. The average Bonchev–Trinajstić information content (AvgIpc) is 3.65. The third-order valence-electron chi connectivity index (χ3n) is 14.0. The first-order chi connectivity index (χ1) is 29.9. The molecule has 1 aliphatic carbocycles. The Balaban J connectivity index is 0.745. The van der Waals surface area contributed by atoms with Gasteiger partial charge >= 0.3 is 0 Å². The number of halogens is 3. The minimum Gasteiger partial charge on any atom is -0.381 e. The predicted octanol–water partition coefficient (Wildman–Crippen LogP) is 5.47. The van der Waals surface area contributed by atoms with Gasteiger partial charge in [-0.2, -0.15) is 0 Å². The highest BCUT2D eigenvalue weighted by atomic mass is 19.3. The Morgan fingerprint density at radius 2 is 1.76 bits per heavy atom. The molecule has 3 aromatic heterocycles. The van der Waals surface area contributed by atoms with E-state index < -0.39 is 35.4 Å². The summed E-state index contributed by atoms with van der Waals surface area (Å²) < 4.78 is 47.2. The monoisotopic (exact) mass is 844 g/mol. The van der Waals surface area contributed by atoms with E-state index in [4.69, 9.17) is 10.1 Å². The zero-order valence-corrected chi connectivity index (χ0v) is 34.4. The molecule has 1 unspecified atom stereocenters. The van der Waals surface area contributed by atoms with Gasteiger partial charge in [-0.05, 0) is 79.1 Å². The first-order valence-corrected chi connectivity index (χ1v) is 21.6. The Morgan fingerprint density at radius 1 is 0.935 bits per heavy atom. The summed E-state index contributed by atoms with van der Waals surface area (Å²) in [5.41, 5.74) is 9.36. The SMILES string of the molecule is Cc1ccc(CN2CCC3(CN(Cc4ccc(-c5cccc6c5CCN6c5nn6c(C(=O)N[C@@H]7C[C@@H]7F)cnc6c6c5CCN6)nc4)C3)C(F)(F)C2)cc1C1CCC(=O)NC1=O. The Morgan fingerprint density at radius 3 is 2.53 bits per heavy atom. The van der Waals surface area contributed by atoms with Crippen LogP contribution in [0.5, 0.6) is 0 Å². The number of anilines is 3. The number of alkyl halides is 3. The number of fused-ring (bicyclic) bond motifs is 4. The molecule has 3 saturated heterocycles. The number of likely N-dealkylation sites (tertiary alicyclic amines) is 2. The maximum Gasteiger partial charge on any atom is 0.271 e. The number of rotatable bonds is 9. The molecule has 11 rings (SSSR count). The van der Waals surface area contributed by atoms with Gasteiger partial charge in [0.05, 0.1) is 41.5 Å². The highest BCUT2D eigenvalue weighted by molar-refractivity contribution is 6.01. The van der Waals surface area contributed by atoms with E-state index in [1.807, 2.05) is 54.4 Å². The molecule has 1 spiro atoms. The van der Waals surface area contributed by atoms with Crippen molar-refractivity contribution in [3.05, 3.63) is 100.0 Å². The summed E-state index contributed by atoms with van der Waals surface area (Å²) in [4.78, 5) is 52.9. The fraction of sp³-hybridized carbons (Fsp3) is 0.435. The lowest BCUT2D eigenvalue weighted by atomic mass is 9.69. The van der Waals surface area contributed by atoms with Crippen molar-refractivity contribution in [1.82, 2.24) is 40.0 Å². The topological polar surface area (TPSA) is 140 Å². The van der Waals surface area contributed by atoms with E-state index in [1.165, 1.54) is 6.20 Å².